The number of hydrogen-bond acceptors (Lipinski definition) is 3. The summed E-state index contributed by atoms with van der Waals surface area (Å²) >= 11 is 3.36. The SMILES string of the molecule is Cc1cccc([N+](=O)[O-])c1Oc1ccc(CBr)cc1. The van der Waals surface area contributed by atoms with Gasteiger partial charge >= 0.3 is 5.69 Å². The molecule has 0 spiro atoms. The second-order valence-corrected chi connectivity index (χ2v) is 4.62. The molecule has 2 rings (SSSR count). The Morgan fingerprint density at radius 3 is 2.47 bits per heavy atom. The molecule has 0 unspecified atom stereocenters. The van der Waals surface area contributed by atoms with Crippen LogP contribution >= 0.6 is 15.9 Å². The van der Waals surface area contributed by atoms with Crippen molar-refractivity contribution < 1.29 is 9.66 Å². The third-order valence-corrected chi connectivity index (χ3v) is 3.33. The number of halogens is 1. The van der Waals surface area contributed by atoms with Crippen LogP contribution in [-0.4, -0.2) is 4.92 Å². The lowest BCUT2D eigenvalue weighted by molar-refractivity contribution is -0.385. The summed E-state index contributed by atoms with van der Waals surface area (Å²) in [6.07, 6.45) is 0. The number of benzene rings is 2. The summed E-state index contributed by atoms with van der Waals surface area (Å²) in [6, 6.07) is 12.3. The van der Waals surface area contributed by atoms with E-state index in [4.69, 9.17) is 4.74 Å². The third-order valence-electron chi connectivity index (χ3n) is 2.69. The molecular weight excluding hydrogens is 310 g/mol. The number of nitro benzene ring substituents is 1. The summed E-state index contributed by atoms with van der Waals surface area (Å²) in [7, 11) is 0. The molecule has 0 aliphatic rings. The molecule has 0 saturated carbocycles. The molecule has 19 heavy (non-hydrogen) atoms. The fourth-order valence-corrected chi connectivity index (χ4v) is 2.05. The second-order valence-electron chi connectivity index (χ2n) is 4.06. The minimum absolute atomic E-state index is 0.0235. The van der Waals surface area contributed by atoms with Crippen LogP contribution in [0.1, 0.15) is 11.1 Å². The Morgan fingerprint density at radius 1 is 1.21 bits per heavy atom. The van der Waals surface area contributed by atoms with E-state index >= 15 is 0 Å². The Bertz CT molecular complexity index is 596. The molecule has 4 nitrogen and oxygen atoms in total. The maximum Gasteiger partial charge on any atom is 0.311 e. The van der Waals surface area contributed by atoms with Crippen molar-refractivity contribution in [3.05, 3.63) is 63.7 Å². The minimum atomic E-state index is -0.435. The van der Waals surface area contributed by atoms with Crippen LogP contribution in [0.5, 0.6) is 11.5 Å². The average Bonchev–Trinajstić information content (AvgIpc) is 2.41. The van der Waals surface area contributed by atoms with Crippen LogP contribution in [0.2, 0.25) is 0 Å². The Labute approximate surface area is 119 Å². The Hall–Kier alpha value is -1.88. The molecule has 0 amide bonds. The van der Waals surface area contributed by atoms with Crippen molar-refractivity contribution >= 4 is 21.6 Å². The largest absolute Gasteiger partial charge is 0.450 e. The van der Waals surface area contributed by atoms with Crippen molar-refractivity contribution in [2.24, 2.45) is 0 Å². The van der Waals surface area contributed by atoms with Crippen LogP contribution < -0.4 is 4.74 Å². The van der Waals surface area contributed by atoms with E-state index in [1.54, 1.807) is 31.2 Å². The molecule has 0 aliphatic carbocycles. The standard InChI is InChI=1S/C14H12BrNO3/c1-10-3-2-4-13(16(17)18)14(10)19-12-7-5-11(9-15)6-8-12/h2-8H,9H2,1H3. The van der Waals surface area contributed by atoms with Gasteiger partial charge in [0, 0.05) is 11.4 Å². The molecule has 98 valence electrons. The molecule has 0 atom stereocenters. The van der Waals surface area contributed by atoms with Gasteiger partial charge in [-0.05, 0) is 30.2 Å². The van der Waals surface area contributed by atoms with Crippen molar-refractivity contribution in [3.8, 4) is 11.5 Å². The lowest BCUT2D eigenvalue weighted by Crippen LogP contribution is -1.95. The lowest BCUT2D eigenvalue weighted by atomic mass is 10.2. The van der Waals surface area contributed by atoms with E-state index in [1.807, 2.05) is 12.1 Å². The van der Waals surface area contributed by atoms with Gasteiger partial charge in [0.2, 0.25) is 5.75 Å². The van der Waals surface area contributed by atoms with Gasteiger partial charge in [-0.1, -0.05) is 40.2 Å². The third kappa shape index (κ3) is 3.12. The zero-order chi connectivity index (χ0) is 13.8. The average molecular weight is 322 g/mol. The zero-order valence-corrected chi connectivity index (χ0v) is 11.9. The van der Waals surface area contributed by atoms with Gasteiger partial charge in [0.25, 0.3) is 0 Å². The number of ether oxygens (including phenoxy) is 1. The molecule has 0 N–H and O–H groups in total. The molecule has 0 heterocycles. The smallest absolute Gasteiger partial charge is 0.311 e. The number of hydrogen-bond donors (Lipinski definition) is 0. The van der Waals surface area contributed by atoms with Gasteiger partial charge in [-0.2, -0.15) is 0 Å². The van der Waals surface area contributed by atoms with Gasteiger partial charge < -0.3 is 4.74 Å². The van der Waals surface area contributed by atoms with Crippen LogP contribution in [0.4, 0.5) is 5.69 Å². The minimum Gasteiger partial charge on any atom is -0.450 e. The van der Waals surface area contributed by atoms with Gasteiger partial charge in [0.05, 0.1) is 4.92 Å². The van der Waals surface area contributed by atoms with E-state index < -0.39 is 4.92 Å². The Morgan fingerprint density at radius 2 is 1.89 bits per heavy atom. The van der Waals surface area contributed by atoms with Crippen LogP contribution in [0, 0.1) is 17.0 Å². The fraction of sp³-hybridized carbons (Fsp3) is 0.143. The topological polar surface area (TPSA) is 52.4 Å². The first-order chi connectivity index (χ1) is 9.11. The Kier molecular flexibility index (Phi) is 4.16. The second kappa shape index (κ2) is 5.84. The van der Waals surface area contributed by atoms with E-state index in [2.05, 4.69) is 15.9 Å². The number of nitro groups is 1. The molecule has 2 aromatic carbocycles. The van der Waals surface area contributed by atoms with Crippen LogP contribution in [0.3, 0.4) is 0 Å². The van der Waals surface area contributed by atoms with Crippen molar-refractivity contribution in [1.29, 1.82) is 0 Å². The number of rotatable bonds is 4. The first-order valence-corrected chi connectivity index (χ1v) is 6.80. The maximum absolute atomic E-state index is 11.0. The number of nitrogens with zero attached hydrogens (tertiary/aromatic N) is 1. The molecule has 2 aromatic rings. The van der Waals surface area contributed by atoms with Crippen molar-refractivity contribution in [1.82, 2.24) is 0 Å². The molecule has 0 bridgehead atoms. The number of alkyl halides is 1. The molecular formula is C14H12BrNO3. The summed E-state index contributed by atoms with van der Waals surface area (Å²) in [5, 5.41) is 11.7. The molecule has 0 aromatic heterocycles. The Balaban J connectivity index is 2.34. The van der Waals surface area contributed by atoms with Crippen molar-refractivity contribution in [2.75, 3.05) is 0 Å². The van der Waals surface area contributed by atoms with Crippen LogP contribution in [-0.2, 0) is 5.33 Å². The summed E-state index contributed by atoms with van der Waals surface area (Å²) in [6.45, 7) is 1.79. The van der Waals surface area contributed by atoms with Gasteiger partial charge in [-0.3, -0.25) is 10.1 Å². The number of aryl methyl sites for hydroxylation is 1. The number of para-hydroxylation sites is 1. The van der Waals surface area contributed by atoms with Gasteiger partial charge in [0.1, 0.15) is 5.75 Å². The molecule has 5 heteroatoms. The van der Waals surface area contributed by atoms with Crippen molar-refractivity contribution in [2.45, 2.75) is 12.3 Å². The highest BCUT2D eigenvalue weighted by Crippen LogP contribution is 2.34. The van der Waals surface area contributed by atoms with E-state index in [0.717, 1.165) is 16.5 Å². The summed E-state index contributed by atoms with van der Waals surface area (Å²) in [5.74, 6) is 0.876. The maximum atomic E-state index is 11.0. The van der Waals surface area contributed by atoms with Crippen LogP contribution in [0.25, 0.3) is 0 Å². The molecule has 0 fully saturated rings. The summed E-state index contributed by atoms with van der Waals surface area (Å²) in [5.41, 5.74) is 1.83. The highest BCUT2D eigenvalue weighted by molar-refractivity contribution is 9.08. The summed E-state index contributed by atoms with van der Waals surface area (Å²) in [4.78, 5) is 10.5. The van der Waals surface area contributed by atoms with Crippen molar-refractivity contribution in [3.63, 3.8) is 0 Å². The van der Waals surface area contributed by atoms with Gasteiger partial charge in [0.15, 0.2) is 0 Å². The zero-order valence-electron chi connectivity index (χ0n) is 10.3. The van der Waals surface area contributed by atoms with Crippen LogP contribution in [0.15, 0.2) is 42.5 Å². The van der Waals surface area contributed by atoms with E-state index in [-0.39, 0.29) is 5.69 Å². The quantitative estimate of drug-likeness (QED) is 0.470. The predicted molar refractivity (Wildman–Crippen MR) is 77.0 cm³/mol. The highest BCUT2D eigenvalue weighted by Gasteiger charge is 2.17. The predicted octanol–water partition coefficient (Wildman–Crippen LogP) is 4.59. The van der Waals surface area contributed by atoms with Gasteiger partial charge in [-0.15, -0.1) is 0 Å². The lowest BCUT2D eigenvalue weighted by Gasteiger charge is -2.09. The van der Waals surface area contributed by atoms with E-state index in [0.29, 0.717) is 11.5 Å². The van der Waals surface area contributed by atoms with E-state index in [9.17, 15) is 10.1 Å². The fourth-order valence-electron chi connectivity index (χ4n) is 1.68. The monoisotopic (exact) mass is 321 g/mol. The molecule has 0 saturated heterocycles. The first kappa shape index (κ1) is 13.5. The summed E-state index contributed by atoms with van der Waals surface area (Å²) < 4.78 is 5.64. The molecule has 0 radical (unpaired) electrons. The first-order valence-electron chi connectivity index (χ1n) is 5.68. The highest BCUT2D eigenvalue weighted by atomic mass is 79.9. The van der Waals surface area contributed by atoms with E-state index in [1.165, 1.54) is 6.07 Å². The molecule has 0 aliphatic heterocycles. The normalized spacial score (nSPS) is 10.2. The van der Waals surface area contributed by atoms with Gasteiger partial charge in [-0.25, -0.2) is 0 Å².